The zero-order chi connectivity index (χ0) is 18.4. The fourth-order valence-corrected chi connectivity index (χ4v) is 9.56. The molecule has 0 aliphatic carbocycles. The quantitative estimate of drug-likeness (QED) is 0.360. The number of hydrogen-bond acceptors (Lipinski definition) is 4. The van der Waals surface area contributed by atoms with Crippen molar-refractivity contribution >= 4 is 42.9 Å². The molecule has 0 radical (unpaired) electrons. The average Bonchev–Trinajstić information content (AvgIpc) is 3.41. The van der Waals surface area contributed by atoms with Crippen molar-refractivity contribution in [2.24, 2.45) is 5.92 Å². The van der Waals surface area contributed by atoms with Gasteiger partial charge in [0, 0.05) is 0 Å². The van der Waals surface area contributed by atoms with E-state index in [4.69, 9.17) is 0 Å². The number of rotatable bonds is 3. The van der Waals surface area contributed by atoms with Gasteiger partial charge >= 0.3 is 165 Å². The van der Waals surface area contributed by atoms with E-state index < -0.39 is 20.1 Å². The number of nitrogens with zero attached hydrogens (tertiary/aromatic N) is 4. The third-order valence-electron chi connectivity index (χ3n) is 5.21. The molecular formula is C20H20IN5O. The summed E-state index contributed by atoms with van der Waals surface area (Å²) < 4.78 is 6.04. The molecule has 2 aliphatic heterocycles. The van der Waals surface area contributed by atoms with Crippen molar-refractivity contribution < 1.29 is 4.79 Å². The molecule has 1 N–H and O–H groups in total. The monoisotopic (exact) mass is 473 g/mol. The third kappa shape index (κ3) is 2.90. The zero-order valence-electron chi connectivity index (χ0n) is 15.0. The Bertz CT molecular complexity index is 1030. The molecule has 1 unspecified atom stereocenters. The van der Waals surface area contributed by atoms with Gasteiger partial charge in [0.25, 0.3) is 0 Å². The summed E-state index contributed by atoms with van der Waals surface area (Å²) in [5.41, 5.74) is 3.10. The normalized spacial score (nSPS) is 20.0. The van der Waals surface area contributed by atoms with E-state index in [1.54, 1.807) is 6.33 Å². The van der Waals surface area contributed by atoms with Crippen molar-refractivity contribution in [2.45, 2.75) is 0 Å². The molecule has 1 saturated heterocycles. The van der Waals surface area contributed by atoms with Crippen molar-refractivity contribution in [3.63, 3.8) is 0 Å². The van der Waals surface area contributed by atoms with E-state index in [-0.39, 0.29) is 5.91 Å². The second-order valence-electron chi connectivity index (χ2n) is 6.87. The van der Waals surface area contributed by atoms with Crippen molar-refractivity contribution in [2.75, 3.05) is 27.7 Å². The molecule has 1 fully saturated rings. The molecule has 2 aliphatic rings. The summed E-state index contributed by atoms with van der Waals surface area (Å²) in [5, 5.41) is 1.08. The molecule has 138 valence electrons. The van der Waals surface area contributed by atoms with Crippen LogP contribution in [-0.4, -0.2) is 50.3 Å². The Morgan fingerprint density at radius 1 is 1.26 bits per heavy atom. The fraction of sp³-hybridized carbons (Fsp3) is 0.250. The Balaban J connectivity index is 1.34. The number of aromatic nitrogens is 3. The Hall–Kier alpha value is -2.42. The first kappa shape index (κ1) is 16.7. The van der Waals surface area contributed by atoms with Crippen LogP contribution in [0.25, 0.3) is 11.0 Å². The van der Waals surface area contributed by atoms with E-state index in [0.717, 1.165) is 35.5 Å². The number of amides is 1. The van der Waals surface area contributed by atoms with Crippen LogP contribution < -0.4 is 3.11 Å². The van der Waals surface area contributed by atoms with Crippen LogP contribution in [0.5, 0.6) is 0 Å². The number of aromatic amines is 1. The van der Waals surface area contributed by atoms with E-state index in [2.05, 4.69) is 29.2 Å². The number of benzene rings is 1. The summed E-state index contributed by atoms with van der Waals surface area (Å²) in [4.78, 5) is 26.7. The van der Waals surface area contributed by atoms with Crippen molar-refractivity contribution in [3.05, 3.63) is 64.1 Å². The predicted molar refractivity (Wildman–Crippen MR) is 115 cm³/mol. The maximum absolute atomic E-state index is 12.7. The van der Waals surface area contributed by atoms with Crippen LogP contribution in [0.2, 0.25) is 0 Å². The molecule has 1 aromatic carbocycles. The molecular weight excluding hydrogens is 453 g/mol. The Labute approximate surface area is 165 Å². The van der Waals surface area contributed by atoms with Crippen LogP contribution in [0, 0.1) is 5.92 Å². The van der Waals surface area contributed by atoms with Gasteiger partial charge < -0.3 is 0 Å². The number of fused-ring (bicyclic) bond motifs is 2. The molecule has 5 rings (SSSR count). The Kier molecular flexibility index (Phi) is 4.11. The fourth-order valence-electron chi connectivity index (χ4n) is 3.77. The summed E-state index contributed by atoms with van der Waals surface area (Å²) in [7, 11) is 2.16. The number of hydrogen-bond donors (Lipinski definition) is 1. The number of halogens is 1. The molecule has 0 spiro atoms. The molecule has 1 atom stereocenters. The summed E-state index contributed by atoms with van der Waals surface area (Å²) in [6.07, 6.45) is 3.54. The van der Waals surface area contributed by atoms with E-state index in [0.29, 0.717) is 5.92 Å². The van der Waals surface area contributed by atoms with Gasteiger partial charge in [-0.15, -0.1) is 0 Å². The van der Waals surface area contributed by atoms with E-state index in [1.165, 1.54) is 10.0 Å². The Morgan fingerprint density at radius 2 is 2.11 bits per heavy atom. The van der Waals surface area contributed by atoms with E-state index >= 15 is 0 Å². The molecule has 7 heteroatoms. The molecule has 0 saturated carbocycles. The van der Waals surface area contributed by atoms with Gasteiger partial charge in [-0.1, -0.05) is 0 Å². The first-order chi connectivity index (χ1) is 13.2. The van der Waals surface area contributed by atoms with Gasteiger partial charge in [0.05, 0.1) is 0 Å². The summed E-state index contributed by atoms with van der Waals surface area (Å²) in [6.45, 7) is 1.61. The third-order valence-corrected chi connectivity index (χ3v) is 11.0. The molecule has 27 heavy (non-hydrogen) atoms. The minimum atomic E-state index is -1.47. The van der Waals surface area contributed by atoms with Gasteiger partial charge in [-0.3, -0.25) is 0 Å². The standard InChI is InChI=1S/C20H20IN5O/c1-25(19-17-7-8-22-18(17)23-13-24-19)21-9-15-11-26(12-16(15)10-21)20(27)14-5-3-2-4-6-14/h2-9,13,16H,10-12H2,1H3,(H,22,23,24). The molecule has 4 heterocycles. The molecule has 6 nitrogen and oxygen atoms in total. The van der Waals surface area contributed by atoms with Crippen LogP contribution in [0.15, 0.2) is 58.6 Å². The van der Waals surface area contributed by atoms with Gasteiger partial charge in [0.2, 0.25) is 0 Å². The SMILES string of the molecule is CN(c1ncnc2[nH]ccc12)I1C=C2CN(C(=O)c3ccccc3)CC2C1. The Morgan fingerprint density at radius 3 is 2.93 bits per heavy atom. The van der Waals surface area contributed by atoms with Crippen molar-refractivity contribution in [3.8, 4) is 0 Å². The summed E-state index contributed by atoms with van der Waals surface area (Å²) in [5.74, 6) is 1.67. The predicted octanol–water partition coefficient (Wildman–Crippen LogP) is 3.49. The number of nitrogens with one attached hydrogen (secondary N) is 1. The van der Waals surface area contributed by atoms with Crippen LogP contribution in [0.4, 0.5) is 5.82 Å². The average molecular weight is 473 g/mol. The van der Waals surface area contributed by atoms with E-state index in [1.807, 2.05) is 47.5 Å². The number of carbonyl (C=O) groups is 1. The minimum absolute atomic E-state index is 0.143. The first-order valence-electron chi connectivity index (χ1n) is 8.92. The van der Waals surface area contributed by atoms with Gasteiger partial charge in [-0.25, -0.2) is 0 Å². The van der Waals surface area contributed by atoms with E-state index in [9.17, 15) is 4.79 Å². The van der Waals surface area contributed by atoms with Gasteiger partial charge in [0.1, 0.15) is 0 Å². The number of alkyl halides is 1. The molecule has 2 aromatic heterocycles. The van der Waals surface area contributed by atoms with Gasteiger partial charge in [0.15, 0.2) is 0 Å². The van der Waals surface area contributed by atoms with Crippen LogP contribution in [0.1, 0.15) is 10.4 Å². The molecule has 3 aromatic rings. The van der Waals surface area contributed by atoms with Gasteiger partial charge in [-0.05, 0) is 0 Å². The van der Waals surface area contributed by atoms with Crippen LogP contribution in [-0.2, 0) is 0 Å². The van der Waals surface area contributed by atoms with Crippen molar-refractivity contribution in [1.82, 2.24) is 19.9 Å². The second kappa shape index (κ2) is 6.63. The zero-order valence-corrected chi connectivity index (χ0v) is 17.1. The van der Waals surface area contributed by atoms with Crippen LogP contribution in [0.3, 0.4) is 0 Å². The maximum atomic E-state index is 12.7. The number of carbonyl (C=O) groups excluding carboxylic acids is 1. The number of likely N-dealkylation sites (tertiary alicyclic amines) is 1. The summed E-state index contributed by atoms with van der Waals surface area (Å²) >= 11 is -1.47. The number of H-pyrrole nitrogens is 1. The summed E-state index contributed by atoms with van der Waals surface area (Å²) in [6, 6.07) is 11.6. The van der Waals surface area contributed by atoms with Crippen LogP contribution >= 0.6 is 20.1 Å². The topological polar surface area (TPSA) is 65.1 Å². The number of anilines is 1. The van der Waals surface area contributed by atoms with Crippen molar-refractivity contribution in [1.29, 1.82) is 0 Å². The second-order valence-corrected chi connectivity index (χ2v) is 11.9. The molecule has 0 bridgehead atoms. The molecule has 1 amide bonds. The van der Waals surface area contributed by atoms with Gasteiger partial charge in [-0.2, -0.15) is 0 Å². The first-order valence-corrected chi connectivity index (χ1v) is 12.7.